The molecule has 6 aliphatic rings. The summed E-state index contributed by atoms with van der Waals surface area (Å²) in [4.78, 5) is 73.1. The van der Waals surface area contributed by atoms with Crippen LogP contribution in [-0.4, -0.2) is 111 Å². The number of esters is 1. The van der Waals surface area contributed by atoms with E-state index in [1.54, 1.807) is 27.7 Å². The molecule has 7 rings (SSSR count). The first kappa shape index (κ1) is 43.8. The van der Waals surface area contributed by atoms with Gasteiger partial charge in [-0.1, -0.05) is 20.8 Å². The van der Waals surface area contributed by atoms with Gasteiger partial charge in [-0.2, -0.15) is 0 Å². The molecule has 4 aliphatic heterocycles. The lowest BCUT2D eigenvalue weighted by atomic mass is 9.79. The van der Waals surface area contributed by atoms with Crippen LogP contribution in [0.5, 0.6) is 11.5 Å². The number of amides is 1. The number of rotatable bonds is 3. The Labute approximate surface area is 342 Å². The van der Waals surface area contributed by atoms with E-state index < -0.39 is 113 Å². The lowest BCUT2D eigenvalue weighted by molar-refractivity contribution is -0.162. The normalized spacial score (nSPS) is 38.6. The summed E-state index contributed by atoms with van der Waals surface area (Å²) in [6.45, 7) is 12.2. The van der Waals surface area contributed by atoms with Crippen molar-refractivity contribution in [1.29, 1.82) is 0 Å². The molecule has 5 bridgehead atoms. The zero-order chi connectivity index (χ0) is 43.4. The lowest BCUT2D eigenvalue weighted by Crippen LogP contribution is -2.46. The second kappa shape index (κ2) is 16.7. The van der Waals surface area contributed by atoms with Crippen molar-refractivity contribution in [1.82, 2.24) is 5.32 Å². The molecule has 1 aromatic rings. The minimum Gasteiger partial charge on any atom is -0.507 e. The minimum absolute atomic E-state index is 0.0441. The Bertz CT molecular complexity index is 2050. The summed E-state index contributed by atoms with van der Waals surface area (Å²) in [6.07, 6.45) is 0.385. The number of benzene rings is 1. The Morgan fingerprint density at radius 1 is 0.949 bits per heavy atom. The van der Waals surface area contributed by atoms with E-state index >= 15 is 0 Å². The van der Waals surface area contributed by atoms with Crippen molar-refractivity contribution in [2.75, 3.05) is 7.11 Å². The summed E-state index contributed by atoms with van der Waals surface area (Å²) in [6, 6.07) is -0.576. The fourth-order valence-electron chi connectivity index (χ4n) is 8.69. The van der Waals surface area contributed by atoms with Crippen LogP contribution < -0.4 is 10.1 Å². The van der Waals surface area contributed by atoms with Crippen LogP contribution in [0.25, 0.3) is 0 Å². The van der Waals surface area contributed by atoms with Crippen molar-refractivity contribution in [2.24, 2.45) is 34.6 Å². The van der Waals surface area contributed by atoms with Crippen molar-refractivity contribution >= 4 is 34.9 Å². The maximum atomic E-state index is 14.5. The number of aliphatic hydroxyl groups excluding tert-OH is 3. The van der Waals surface area contributed by atoms with Crippen LogP contribution in [0.1, 0.15) is 99.6 Å². The van der Waals surface area contributed by atoms with E-state index in [2.05, 4.69) is 5.32 Å². The topological polar surface area (TPSA) is 237 Å². The Hall–Kier alpha value is -4.74. The van der Waals surface area contributed by atoms with Gasteiger partial charge >= 0.3 is 11.8 Å². The first-order valence-electron chi connectivity index (χ1n) is 20.0. The number of ether oxygens (including phenoxy) is 5. The number of hydrogen-bond acceptors (Lipinski definition) is 15. The third kappa shape index (κ3) is 8.25. The highest BCUT2D eigenvalue weighted by atomic mass is 16.7. The number of carbonyl (C=O) groups excluding carboxylic acids is 5. The number of phenolic OH excluding ortho intramolecular Hbond substituents is 1. The zero-order valence-corrected chi connectivity index (χ0v) is 34.7. The smallest absolute Gasteiger partial charge is 0.312 e. The molecule has 1 saturated heterocycles. The van der Waals surface area contributed by atoms with Crippen LogP contribution >= 0.6 is 0 Å². The molecule has 16 heteroatoms. The lowest BCUT2D eigenvalue weighted by Gasteiger charge is -2.37. The predicted octanol–water partition coefficient (Wildman–Crippen LogP) is 3.14. The molecule has 13 atom stereocenters. The van der Waals surface area contributed by atoms with E-state index in [1.165, 1.54) is 53.2 Å². The maximum absolute atomic E-state index is 14.5. The first-order valence-corrected chi connectivity index (χ1v) is 20.0. The number of Topliss-reactive ketones (excluding diaryl/α,β-unsaturated/α-hetero) is 2. The molecule has 0 spiro atoms. The summed E-state index contributed by atoms with van der Waals surface area (Å²) in [5, 5.41) is 47.2. The monoisotopic (exact) mass is 822 g/mol. The van der Waals surface area contributed by atoms with Gasteiger partial charge in [-0.15, -0.1) is 0 Å². The molecule has 1 saturated carbocycles. The van der Waals surface area contributed by atoms with E-state index in [1.807, 2.05) is 0 Å². The Balaban J connectivity index is 1.48. The molecule has 320 valence electrons. The van der Waals surface area contributed by atoms with Crippen LogP contribution in [0.3, 0.4) is 0 Å². The largest absolute Gasteiger partial charge is 0.507 e. The second-order valence-electron chi connectivity index (χ2n) is 16.6. The average Bonchev–Trinajstić information content (AvgIpc) is 3.94. The number of methoxy groups -OCH3 is 1. The second-order valence-corrected chi connectivity index (χ2v) is 16.6. The number of fused-ring (bicyclic) bond motifs is 12. The minimum atomic E-state index is -2.03. The fraction of sp³-hybridized carbons (Fsp3) is 0.581. The molecule has 0 unspecified atom stereocenters. The van der Waals surface area contributed by atoms with Crippen molar-refractivity contribution in [3.63, 3.8) is 0 Å². The molecule has 59 heavy (non-hydrogen) atoms. The third-order valence-electron chi connectivity index (χ3n) is 12.4. The van der Waals surface area contributed by atoms with Crippen molar-refractivity contribution in [3.8, 4) is 11.5 Å². The summed E-state index contributed by atoms with van der Waals surface area (Å²) >= 11 is 0. The number of aromatic hydroxyl groups is 1. The maximum Gasteiger partial charge on any atom is 0.312 e. The number of nitrogens with zero attached hydrogens (tertiary/aromatic N) is 1. The van der Waals surface area contributed by atoms with E-state index in [9.17, 15) is 44.4 Å². The van der Waals surface area contributed by atoms with Crippen LogP contribution in [0.15, 0.2) is 40.8 Å². The number of carbonyl (C=O) groups is 5. The Kier molecular flexibility index (Phi) is 12.4. The molecular formula is C43H54N2O14. The van der Waals surface area contributed by atoms with Gasteiger partial charge in [0.1, 0.15) is 17.6 Å². The molecule has 1 amide bonds. The molecule has 5 N–H and O–H groups in total. The third-order valence-corrected chi connectivity index (χ3v) is 12.4. The number of nitrogens with one attached hydrogen (secondary N) is 1. The van der Waals surface area contributed by atoms with Crippen molar-refractivity contribution in [2.45, 2.75) is 123 Å². The van der Waals surface area contributed by atoms with E-state index in [-0.39, 0.29) is 51.4 Å². The molecule has 0 aromatic heterocycles. The molecule has 1 aromatic carbocycles. The number of ketones is 3. The first-order chi connectivity index (χ1) is 27.7. The summed E-state index contributed by atoms with van der Waals surface area (Å²) in [5.41, 5.74) is -0.683. The predicted molar refractivity (Wildman–Crippen MR) is 209 cm³/mol. The van der Waals surface area contributed by atoms with Crippen LogP contribution in [0.4, 0.5) is 0 Å². The highest BCUT2D eigenvalue weighted by Gasteiger charge is 2.52. The van der Waals surface area contributed by atoms with E-state index in [0.29, 0.717) is 12.8 Å². The quantitative estimate of drug-likeness (QED) is 0.276. The standard InChI is InChI=1S/C43H54N2O14/c1-17-14-29(47)24-15-25(24)36(50)19(3)35(49)20(4)39(58-23(7)46)18(2)30(55-9)12-13-56-43(8)41(53)34-32-27(44-26-10-11-31(48)57-22(26)6)16-28(45-42(17)54)38(52)33(32)37(51)21(5)40(34)59-43/h12-14,16,18-20,22,24-26,30-31,35-36,39,48-51H,10-11,15H2,1-9H3,(H,45,54)/b13-12+,17-14-,44-27?/t18-,19+,20-,22+,24-,25+,26-,30+,31+,35-,36-,39-,43+/m1/s1. The molecule has 4 heterocycles. The van der Waals surface area contributed by atoms with Crippen LogP contribution in [0, 0.1) is 36.5 Å². The summed E-state index contributed by atoms with van der Waals surface area (Å²) < 4.78 is 29.3. The zero-order valence-electron chi connectivity index (χ0n) is 34.7. The average molecular weight is 823 g/mol. The van der Waals surface area contributed by atoms with Crippen molar-refractivity contribution < 1.29 is 68.1 Å². The van der Waals surface area contributed by atoms with Gasteiger partial charge in [-0.3, -0.25) is 29.0 Å². The fourth-order valence-corrected chi connectivity index (χ4v) is 8.69. The van der Waals surface area contributed by atoms with Crippen LogP contribution in [0.2, 0.25) is 0 Å². The highest BCUT2D eigenvalue weighted by Crippen LogP contribution is 2.49. The Morgan fingerprint density at radius 2 is 1.64 bits per heavy atom. The van der Waals surface area contributed by atoms with E-state index in [0.717, 1.165) is 6.08 Å². The SMILES string of the molecule is CO[C@H]1/C=C/O[C@@]2(C)Oc3c(C)c(O)c4c(c3C2=O)C(=N[C@@H]2CC[C@@H](O)O[C@H]2C)C=C(NC(=O)/C(C)=C\C(=O)[C@@H]2C[C@@H]2[C@H](O)[C@@H](C)[C@@H](O)[C@@H](C)[C@H](OC(C)=O)[C@@H]1C)C4=O. The number of aliphatic hydroxyl groups is 3. The molecule has 16 nitrogen and oxygen atoms in total. The van der Waals surface area contributed by atoms with Gasteiger partial charge in [0.05, 0.1) is 59.3 Å². The number of allylic oxidation sites excluding steroid dienone is 3. The number of phenols is 1. The van der Waals surface area contributed by atoms with Gasteiger partial charge in [0.25, 0.3) is 11.7 Å². The van der Waals surface area contributed by atoms with Gasteiger partial charge in [-0.25, -0.2) is 0 Å². The van der Waals surface area contributed by atoms with Gasteiger partial charge < -0.3 is 49.4 Å². The van der Waals surface area contributed by atoms with E-state index in [4.69, 9.17) is 28.7 Å². The van der Waals surface area contributed by atoms with Gasteiger partial charge in [0.2, 0.25) is 5.78 Å². The molecule has 2 fully saturated rings. The molecular weight excluding hydrogens is 768 g/mol. The summed E-state index contributed by atoms with van der Waals surface area (Å²) in [7, 11) is 1.42. The summed E-state index contributed by atoms with van der Waals surface area (Å²) in [5.74, 6) is -9.25. The molecule has 2 aliphatic carbocycles. The van der Waals surface area contributed by atoms with Gasteiger partial charge in [0, 0.05) is 67.7 Å². The van der Waals surface area contributed by atoms with Gasteiger partial charge in [-0.05, 0) is 57.8 Å². The van der Waals surface area contributed by atoms with Crippen molar-refractivity contribution in [3.05, 3.63) is 58.0 Å². The van der Waals surface area contributed by atoms with Gasteiger partial charge in [0.15, 0.2) is 12.1 Å². The Morgan fingerprint density at radius 3 is 2.29 bits per heavy atom. The number of hydrogen-bond donors (Lipinski definition) is 5. The number of aliphatic imine (C=N–C) groups is 1. The van der Waals surface area contributed by atoms with Crippen LogP contribution in [-0.2, 0) is 33.3 Å². The molecule has 0 radical (unpaired) electrons. The highest BCUT2D eigenvalue weighted by molar-refractivity contribution is 6.32.